The Hall–Kier alpha value is -3.68. The molecular formula is C22H20ClF3N6O4. The van der Waals surface area contributed by atoms with Crippen LogP contribution >= 0.6 is 11.6 Å². The van der Waals surface area contributed by atoms with Crippen molar-refractivity contribution >= 4 is 11.6 Å². The zero-order valence-electron chi connectivity index (χ0n) is 18.7. The molecule has 0 aliphatic heterocycles. The Morgan fingerprint density at radius 1 is 1.11 bits per heavy atom. The van der Waals surface area contributed by atoms with Crippen molar-refractivity contribution in [2.75, 3.05) is 7.11 Å². The number of halogens is 4. The Labute approximate surface area is 206 Å². The van der Waals surface area contributed by atoms with E-state index in [-0.39, 0.29) is 24.0 Å². The molecule has 2 N–H and O–H groups in total. The molecule has 2 heterocycles. The molecule has 4 aromatic rings. The first-order chi connectivity index (χ1) is 17.1. The second-order valence-corrected chi connectivity index (χ2v) is 8.06. The molecule has 10 nitrogen and oxygen atoms in total. The minimum atomic E-state index is -4.94. The molecule has 2 aromatic carbocycles. The van der Waals surface area contributed by atoms with Gasteiger partial charge in [-0.1, -0.05) is 23.7 Å². The van der Waals surface area contributed by atoms with Crippen LogP contribution in [-0.4, -0.2) is 58.7 Å². The minimum absolute atomic E-state index is 0.0655. The third-order valence-electron chi connectivity index (χ3n) is 5.22. The molecule has 0 saturated carbocycles. The number of aliphatic hydroxyl groups is 2. The molecule has 1 unspecified atom stereocenters. The topological polar surface area (TPSA) is 120 Å². The van der Waals surface area contributed by atoms with Gasteiger partial charge in [0.05, 0.1) is 13.7 Å². The molecule has 0 fully saturated rings. The van der Waals surface area contributed by atoms with E-state index in [0.717, 1.165) is 9.25 Å². The molecule has 0 radical (unpaired) electrons. The lowest BCUT2D eigenvalue weighted by Crippen LogP contribution is -2.37. The summed E-state index contributed by atoms with van der Waals surface area (Å²) in [6.45, 7) is -1.86. The summed E-state index contributed by atoms with van der Waals surface area (Å²) in [4.78, 5) is 17.3. The van der Waals surface area contributed by atoms with Crippen LogP contribution in [0.5, 0.6) is 5.75 Å². The lowest BCUT2D eigenvalue weighted by atomic mass is 10.2. The van der Waals surface area contributed by atoms with Crippen LogP contribution < -0.4 is 10.4 Å². The van der Waals surface area contributed by atoms with Crippen molar-refractivity contribution in [3.05, 3.63) is 75.7 Å². The highest BCUT2D eigenvalue weighted by atomic mass is 35.5. The van der Waals surface area contributed by atoms with E-state index in [2.05, 4.69) is 15.2 Å². The number of alkyl halides is 3. The summed E-state index contributed by atoms with van der Waals surface area (Å²) in [7, 11) is 1.47. The standard InChI is InChI=1S/C22H20ClF3N6O4/c1-36-16-5-3-2-4-15(16)32-19(12-33)27-18(28-32)11-31-21(35)30(10-17(34)22(24,25)26)20(29-31)13-6-8-14(23)9-7-13/h2-9,17,33-34H,10-12H2,1H3. The van der Waals surface area contributed by atoms with Crippen molar-refractivity contribution in [1.82, 2.24) is 29.1 Å². The molecule has 2 aromatic heterocycles. The Kier molecular flexibility index (Phi) is 7.15. The van der Waals surface area contributed by atoms with Gasteiger partial charge in [0.25, 0.3) is 0 Å². The lowest BCUT2D eigenvalue weighted by Gasteiger charge is -2.15. The largest absolute Gasteiger partial charge is 0.494 e. The van der Waals surface area contributed by atoms with Crippen molar-refractivity contribution < 1.29 is 28.1 Å². The zero-order chi connectivity index (χ0) is 26.0. The van der Waals surface area contributed by atoms with E-state index < -0.39 is 31.1 Å². The van der Waals surface area contributed by atoms with Crippen LogP contribution in [0.4, 0.5) is 13.2 Å². The summed E-state index contributed by atoms with van der Waals surface area (Å²) >= 11 is 5.90. The predicted octanol–water partition coefficient (Wildman–Crippen LogP) is 2.42. The molecule has 36 heavy (non-hydrogen) atoms. The maximum Gasteiger partial charge on any atom is 0.416 e. The summed E-state index contributed by atoms with van der Waals surface area (Å²) in [5.41, 5.74) is -0.119. The third kappa shape index (κ3) is 5.12. The first-order valence-corrected chi connectivity index (χ1v) is 10.9. The van der Waals surface area contributed by atoms with Crippen molar-refractivity contribution in [3.63, 3.8) is 0 Å². The predicted molar refractivity (Wildman–Crippen MR) is 122 cm³/mol. The SMILES string of the molecule is COc1ccccc1-n1nc(Cn2nc(-c3ccc(Cl)cc3)n(CC(O)C(F)(F)F)c2=O)nc1CO. The molecule has 14 heteroatoms. The average Bonchev–Trinajstić information content (AvgIpc) is 3.40. The summed E-state index contributed by atoms with van der Waals surface area (Å²) in [5.74, 6) is 0.561. The van der Waals surface area contributed by atoms with Crippen molar-refractivity contribution in [2.24, 2.45) is 0 Å². The fraction of sp³-hybridized carbons (Fsp3) is 0.273. The Bertz CT molecular complexity index is 1410. The van der Waals surface area contributed by atoms with Crippen LogP contribution in [-0.2, 0) is 19.7 Å². The highest BCUT2D eigenvalue weighted by molar-refractivity contribution is 6.30. The van der Waals surface area contributed by atoms with Gasteiger partial charge < -0.3 is 14.9 Å². The summed E-state index contributed by atoms with van der Waals surface area (Å²) in [6.07, 6.45) is -7.73. The van der Waals surface area contributed by atoms with Gasteiger partial charge in [0.15, 0.2) is 23.6 Å². The fourth-order valence-electron chi connectivity index (χ4n) is 3.49. The van der Waals surface area contributed by atoms with Crippen LogP contribution in [0.1, 0.15) is 11.6 Å². The zero-order valence-corrected chi connectivity index (χ0v) is 19.5. The van der Waals surface area contributed by atoms with Crippen molar-refractivity contribution in [3.8, 4) is 22.8 Å². The highest BCUT2D eigenvalue weighted by Gasteiger charge is 2.39. The maximum absolute atomic E-state index is 13.1. The number of hydrogen-bond donors (Lipinski definition) is 2. The molecule has 0 spiro atoms. The number of hydrogen-bond acceptors (Lipinski definition) is 7. The number of para-hydroxylation sites is 2. The smallest absolute Gasteiger partial charge is 0.416 e. The van der Waals surface area contributed by atoms with Gasteiger partial charge >= 0.3 is 11.9 Å². The van der Waals surface area contributed by atoms with Crippen LogP contribution in [0.25, 0.3) is 17.1 Å². The number of methoxy groups -OCH3 is 1. The number of rotatable bonds is 8. The van der Waals surface area contributed by atoms with Gasteiger partial charge in [-0.2, -0.15) is 13.2 Å². The van der Waals surface area contributed by atoms with Crippen molar-refractivity contribution in [1.29, 1.82) is 0 Å². The van der Waals surface area contributed by atoms with Gasteiger partial charge in [-0.15, -0.1) is 10.2 Å². The van der Waals surface area contributed by atoms with Crippen LogP contribution in [0.3, 0.4) is 0 Å². The Morgan fingerprint density at radius 3 is 2.44 bits per heavy atom. The molecule has 4 rings (SSSR count). The summed E-state index contributed by atoms with van der Waals surface area (Å²) < 4.78 is 47.4. The Morgan fingerprint density at radius 2 is 1.81 bits per heavy atom. The van der Waals surface area contributed by atoms with Gasteiger partial charge in [-0.3, -0.25) is 4.57 Å². The molecule has 0 aliphatic rings. The van der Waals surface area contributed by atoms with Gasteiger partial charge in [0, 0.05) is 10.6 Å². The Balaban J connectivity index is 1.76. The monoisotopic (exact) mass is 524 g/mol. The van der Waals surface area contributed by atoms with E-state index in [1.807, 2.05) is 0 Å². The molecular weight excluding hydrogens is 505 g/mol. The normalized spacial score (nSPS) is 12.6. The van der Waals surface area contributed by atoms with Crippen LogP contribution in [0.15, 0.2) is 53.3 Å². The van der Waals surface area contributed by atoms with E-state index in [1.54, 1.807) is 24.3 Å². The van der Waals surface area contributed by atoms with E-state index in [0.29, 0.717) is 22.0 Å². The molecule has 0 bridgehead atoms. The van der Waals surface area contributed by atoms with Gasteiger partial charge in [0.2, 0.25) is 0 Å². The summed E-state index contributed by atoms with van der Waals surface area (Å²) in [6, 6.07) is 12.8. The second kappa shape index (κ2) is 10.1. The number of aliphatic hydroxyl groups excluding tert-OH is 2. The van der Waals surface area contributed by atoms with E-state index in [1.165, 1.54) is 36.1 Å². The molecule has 0 saturated heterocycles. The lowest BCUT2D eigenvalue weighted by molar-refractivity contribution is -0.207. The van der Waals surface area contributed by atoms with Gasteiger partial charge in [0.1, 0.15) is 24.6 Å². The van der Waals surface area contributed by atoms with Gasteiger partial charge in [-0.25, -0.2) is 19.1 Å². The van der Waals surface area contributed by atoms with E-state index in [9.17, 15) is 28.2 Å². The van der Waals surface area contributed by atoms with Crippen LogP contribution in [0, 0.1) is 0 Å². The maximum atomic E-state index is 13.1. The first kappa shape index (κ1) is 25.4. The number of ether oxygens (including phenoxy) is 1. The summed E-state index contributed by atoms with van der Waals surface area (Å²) in [5, 5.41) is 28.3. The molecule has 0 amide bonds. The third-order valence-corrected chi connectivity index (χ3v) is 5.47. The number of aromatic nitrogens is 6. The molecule has 0 aliphatic carbocycles. The quantitative estimate of drug-likeness (QED) is 0.363. The van der Waals surface area contributed by atoms with Gasteiger partial charge in [-0.05, 0) is 36.4 Å². The number of benzene rings is 2. The van der Waals surface area contributed by atoms with E-state index in [4.69, 9.17) is 16.3 Å². The molecule has 1 atom stereocenters. The first-order valence-electron chi connectivity index (χ1n) is 10.5. The molecule has 190 valence electrons. The number of nitrogens with zero attached hydrogens (tertiary/aromatic N) is 6. The average molecular weight is 525 g/mol. The second-order valence-electron chi connectivity index (χ2n) is 7.62. The fourth-order valence-corrected chi connectivity index (χ4v) is 3.62. The van der Waals surface area contributed by atoms with Crippen molar-refractivity contribution in [2.45, 2.75) is 32.0 Å². The van der Waals surface area contributed by atoms with E-state index >= 15 is 0 Å². The minimum Gasteiger partial charge on any atom is -0.494 e. The highest BCUT2D eigenvalue weighted by Crippen LogP contribution is 2.25. The van der Waals surface area contributed by atoms with Crippen LogP contribution in [0.2, 0.25) is 5.02 Å².